The summed E-state index contributed by atoms with van der Waals surface area (Å²) in [5, 5.41) is 26.1. The van der Waals surface area contributed by atoms with Crippen molar-refractivity contribution < 1.29 is 29.3 Å². The van der Waals surface area contributed by atoms with Gasteiger partial charge < -0.3 is 31.3 Å². The molecule has 0 heterocycles. The molecule has 6 N–H and O–H groups in total. The highest BCUT2D eigenvalue weighted by Gasteiger charge is 2.35. The molecule has 0 fully saturated rings. The van der Waals surface area contributed by atoms with Gasteiger partial charge in [0.1, 0.15) is 17.9 Å². The van der Waals surface area contributed by atoms with Crippen molar-refractivity contribution in [1.29, 1.82) is 0 Å². The first-order chi connectivity index (χ1) is 16.7. The van der Waals surface area contributed by atoms with E-state index in [1.54, 1.807) is 18.2 Å². The number of carbonyl (C=O) groups excluding carboxylic acids is 3. The van der Waals surface area contributed by atoms with Crippen LogP contribution in [0.15, 0.2) is 65.1 Å². The molecular formula is C25H29N3O6S. The Bertz CT molecular complexity index is 1110. The number of hydrogen-bond acceptors (Lipinski definition) is 7. The van der Waals surface area contributed by atoms with E-state index in [9.17, 15) is 24.6 Å². The fraction of sp³-hybridized carbons (Fsp3) is 0.320. The highest BCUT2D eigenvalue weighted by molar-refractivity contribution is 7.98. The lowest BCUT2D eigenvalue weighted by Gasteiger charge is -2.31. The average Bonchev–Trinajstić information content (AvgIpc) is 2.86. The minimum Gasteiger partial charge on any atom is -0.496 e. The van der Waals surface area contributed by atoms with Crippen molar-refractivity contribution in [3.05, 3.63) is 71.3 Å². The number of primary amides is 1. The first-order valence-electron chi connectivity index (χ1n) is 11.0. The normalized spacial score (nSPS) is 20.3. The number of nitrogens with one attached hydrogen (secondary N) is 2. The van der Waals surface area contributed by atoms with Gasteiger partial charge in [0.2, 0.25) is 11.8 Å². The number of amides is 3. The summed E-state index contributed by atoms with van der Waals surface area (Å²) >= 11 is 1.49. The largest absolute Gasteiger partial charge is 0.496 e. The van der Waals surface area contributed by atoms with Crippen molar-refractivity contribution in [3.8, 4) is 5.75 Å². The summed E-state index contributed by atoms with van der Waals surface area (Å²) in [6, 6.07) is 12.2. The second kappa shape index (κ2) is 11.9. The summed E-state index contributed by atoms with van der Waals surface area (Å²) in [5.41, 5.74) is 6.67. The molecule has 0 aromatic heterocycles. The van der Waals surface area contributed by atoms with E-state index >= 15 is 0 Å². The third kappa shape index (κ3) is 6.62. The highest BCUT2D eigenvalue weighted by atomic mass is 32.2. The SMILES string of the molecule is COc1cc(SC)ccc1C(=O)N[C@@H]1C=C(C(=O)N[C@H](Cc2ccccc2)C(N)=O)C[C@@H](O)[C@@H]1O. The topological polar surface area (TPSA) is 151 Å². The lowest BCUT2D eigenvalue weighted by atomic mass is 9.89. The summed E-state index contributed by atoms with van der Waals surface area (Å²) in [4.78, 5) is 38.7. The van der Waals surface area contributed by atoms with Crippen molar-refractivity contribution in [2.24, 2.45) is 5.73 Å². The van der Waals surface area contributed by atoms with Gasteiger partial charge in [-0.1, -0.05) is 36.4 Å². The third-order valence-electron chi connectivity index (χ3n) is 5.75. The van der Waals surface area contributed by atoms with E-state index in [1.807, 2.05) is 36.6 Å². The molecule has 9 nitrogen and oxygen atoms in total. The van der Waals surface area contributed by atoms with Crippen LogP contribution in [-0.4, -0.2) is 65.6 Å². The summed E-state index contributed by atoms with van der Waals surface area (Å²) < 4.78 is 5.31. The molecule has 35 heavy (non-hydrogen) atoms. The van der Waals surface area contributed by atoms with Crippen molar-refractivity contribution in [2.75, 3.05) is 13.4 Å². The average molecular weight is 500 g/mol. The second-order valence-electron chi connectivity index (χ2n) is 8.14. The number of methoxy groups -OCH3 is 1. The van der Waals surface area contributed by atoms with E-state index in [0.717, 1.165) is 10.5 Å². The van der Waals surface area contributed by atoms with Crippen molar-refractivity contribution in [2.45, 2.75) is 42.0 Å². The summed E-state index contributed by atoms with van der Waals surface area (Å²) in [6.07, 6.45) is 0.701. The van der Waals surface area contributed by atoms with Crippen LogP contribution >= 0.6 is 11.8 Å². The van der Waals surface area contributed by atoms with Gasteiger partial charge in [0.15, 0.2) is 0 Å². The zero-order valence-electron chi connectivity index (χ0n) is 19.4. The Hall–Kier alpha value is -3.34. The Morgan fingerprint density at radius 2 is 1.86 bits per heavy atom. The molecule has 0 unspecified atom stereocenters. The first-order valence-corrected chi connectivity index (χ1v) is 12.2. The minimum atomic E-state index is -1.33. The number of thioether (sulfide) groups is 1. The van der Waals surface area contributed by atoms with Crippen LogP contribution in [0.1, 0.15) is 22.3 Å². The van der Waals surface area contributed by atoms with Gasteiger partial charge in [-0.25, -0.2) is 0 Å². The molecule has 0 saturated heterocycles. The maximum absolute atomic E-state index is 12.9. The molecule has 2 aromatic carbocycles. The first kappa shape index (κ1) is 26.3. The predicted molar refractivity (Wildman–Crippen MR) is 132 cm³/mol. The molecule has 0 radical (unpaired) electrons. The van der Waals surface area contributed by atoms with Gasteiger partial charge >= 0.3 is 0 Å². The van der Waals surface area contributed by atoms with Crippen LogP contribution in [0.3, 0.4) is 0 Å². The van der Waals surface area contributed by atoms with Gasteiger partial charge in [0, 0.05) is 23.3 Å². The fourth-order valence-electron chi connectivity index (χ4n) is 3.80. The number of nitrogens with two attached hydrogens (primary N) is 1. The van der Waals surface area contributed by atoms with Crippen molar-refractivity contribution in [1.82, 2.24) is 10.6 Å². The predicted octanol–water partition coefficient (Wildman–Crippen LogP) is 0.780. The van der Waals surface area contributed by atoms with Gasteiger partial charge in [0.05, 0.1) is 24.8 Å². The van der Waals surface area contributed by atoms with Crippen molar-refractivity contribution >= 4 is 29.5 Å². The second-order valence-corrected chi connectivity index (χ2v) is 9.02. The maximum Gasteiger partial charge on any atom is 0.255 e. The Kier molecular flexibility index (Phi) is 8.91. The number of hydrogen-bond donors (Lipinski definition) is 5. The van der Waals surface area contributed by atoms with Gasteiger partial charge in [-0.15, -0.1) is 11.8 Å². The van der Waals surface area contributed by atoms with Crippen LogP contribution in [0.5, 0.6) is 5.75 Å². The number of rotatable bonds is 9. The molecule has 1 aliphatic carbocycles. The van der Waals surface area contributed by atoms with E-state index < -0.39 is 42.0 Å². The number of carbonyl (C=O) groups is 3. The zero-order valence-corrected chi connectivity index (χ0v) is 20.2. The number of aliphatic hydroxyl groups excluding tert-OH is 2. The smallest absolute Gasteiger partial charge is 0.255 e. The molecule has 3 rings (SSSR count). The zero-order chi connectivity index (χ0) is 25.5. The molecule has 2 aromatic rings. The lowest BCUT2D eigenvalue weighted by Crippen LogP contribution is -2.52. The van der Waals surface area contributed by atoms with Crippen LogP contribution in [0.4, 0.5) is 0 Å². The standard InChI is InChI=1S/C25H29N3O6S/c1-34-21-13-16(35-2)8-9-17(21)25(33)27-18-11-15(12-20(29)22(18)30)24(32)28-19(23(26)31)10-14-6-4-3-5-7-14/h3-9,11,13,18-20,22,29-30H,10,12H2,1-2H3,(H2,26,31)(H,27,33)(H,28,32)/t18-,19-,20-,22-/m1/s1. The highest BCUT2D eigenvalue weighted by Crippen LogP contribution is 2.26. The Labute approximate surface area is 207 Å². The van der Waals surface area contributed by atoms with Crippen LogP contribution in [0, 0.1) is 0 Å². The molecule has 10 heteroatoms. The summed E-state index contributed by atoms with van der Waals surface area (Å²) in [5.74, 6) is -1.50. The van der Waals surface area contributed by atoms with Gasteiger partial charge in [-0.3, -0.25) is 14.4 Å². The quantitative estimate of drug-likeness (QED) is 0.320. The molecule has 186 valence electrons. The molecule has 0 aliphatic heterocycles. The molecule has 3 amide bonds. The van der Waals surface area contributed by atoms with E-state index in [2.05, 4.69) is 10.6 Å². The Morgan fingerprint density at radius 1 is 1.14 bits per heavy atom. The van der Waals surface area contributed by atoms with E-state index in [1.165, 1.54) is 24.9 Å². The summed E-state index contributed by atoms with van der Waals surface area (Å²) in [6.45, 7) is 0. The Balaban J connectivity index is 1.77. The molecule has 0 saturated carbocycles. The van der Waals surface area contributed by atoms with Gasteiger partial charge in [-0.2, -0.15) is 0 Å². The number of benzene rings is 2. The van der Waals surface area contributed by atoms with Crippen molar-refractivity contribution in [3.63, 3.8) is 0 Å². The maximum atomic E-state index is 12.9. The molecule has 4 atom stereocenters. The van der Waals surface area contributed by atoms with E-state index in [4.69, 9.17) is 10.5 Å². The lowest BCUT2D eigenvalue weighted by molar-refractivity contribution is -0.125. The Morgan fingerprint density at radius 3 is 2.49 bits per heavy atom. The van der Waals surface area contributed by atoms with Gasteiger partial charge in [-0.05, 0) is 30.0 Å². The monoisotopic (exact) mass is 499 g/mol. The molecule has 0 bridgehead atoms. The van der Waals surface area contributed by atoms with Crippen LogP contribution in [0.2, 0.25) is 0 Å². The minimum absolute atomic E-state index is 0.122. The number of aliphatic hydroxyl groups is 2. The molecule has 1 aliphatic rings. The van der Waals surface area contributed by atoms with E-state index in [-0.39, 0.29) is 24.0 Å². The van der Waals surface area contributed by atoms with Crippen LogP contribution in [-0.2, 0) is 16.0 Å². The van der Waals surface area contributed by atoms with Crippen LogP contribution in [0.25, 0.3) is 0 Å². The van der Waals surface area contributed by atoms with Gasteiger partial charge in [0.25, 0.3) is 5.91 Å². The number of ether oxygens (including phenoxy) is 1. The van der Waals surface area contributed by atoms with Crippen LogP contribution < -0.4 is 21.1 Å². The fourth-order valence-corrected chi connectivity index (χ4v) is 4.23. The van der Waals surface area contributed by atoms with E-state index in [0.29, 0.717) is 5.75 Å². The molecular weight excluding hydrogens is 470 g/mol. The molecule has 0 spiro atoms. The summed E-state index contributed by atoms with van der Waals surface area (Å²) in [7, 11) is 1.45. The third-order valence-corrected chi connectivity index (χ3v) is 6.47.